The van der Waals surface area contributed by atoms with Crippen LogP contribution in [-0.2, 0) is 16.0 Å². The summed E-state index contributed by atoms with van der Waals surface area (Å²) in [4.78, 5) is 2.33. The molecule has 0 aliphatic carbocycles. The first-order valence-corrected chi connectivity index (χ1v) is 8.20. The molecule has 0 aliphatic heterocycles. The van der Waals surface area contributed by atoms with Gasteiger partial charge in [-0.05, 0) is 32.0 Å². The monoisotopic (exact) mass is 359 g/mol. The number of methoxy groups -OCH3 is 1. The van der Waals surface area contributed by atoms with Crippen LogP contribution in [0.4, 0.5) is 0 Å². The van der Waals surface area contributed by atoms with Crippen LogP contribution in [0.1, 0.15) is 19.4 Å². The molecule has 1 aromatic rings. The number of benzene rings is 1. The summed E-state index contributed by atoms with van der Waals surface area (Å²) in [6, 6.07) is 6.09. The van der Waals surface area contributed by atoms with Crippen molar-refractivity contribution in [1.29, 1.82) is 0 Å². The molecule has 21 heavy (non-hydrogen) atoms. The first kappa shape index (κ1) is 18.4. The van der Waals surface area contributed by atoms with Crippen LogP contribution in [0.5, 0.6) is 5.75 Å². The summed E-state index contributed by atoms with van der Waals surface area (Å²) in [6.45, 7) is 9.59. The second-order valence-corrected chi connectivity index (χ2v) is 5.54. The fourth-order valence-corrected chi connectivity index (χ4v) is 2.47. The highest BCUT2D eigenvalue weighted by atomic mass is 79.9. The molecule has 0 saturated carbocycles. The Hall–Kier alpha value is -0.620. The molecule has 0 radical (unpaired) electrons. The van der Waals surface area contributed by atoms with Gasteiger partial charge >= 0.3 is 0 Å². The molecule has 0 fully saturated rings. The summed E-state index contributed by atoms with van der Waals surface area (Å²) >= 11 is 3.52. The largest absolute Gasteiger partial charge is 0.496 e. The van der Waals surface area contributed by atoms with Gasteiger partial charge in [0.15, 0.2) is 0 Å². The predicted molar refractivity (Wildman–Crippen MR) is 89.0 cm³/mol. The Kier molecular flexibility index (Phi) is 9.67. The molecule has 0 spiro atoms. The van der Waals surface area contributed by atoms with Gasteiger partial charge in [0.05, 0.1) is 20.3 Å². The van der Waals surface area contributed by atoms with Crippen molar-refractivity contribution in [2.24, 2.45) is 0 Å². The third-order valence-electron chi connectivity index (χ3n) is 3.15. The Labute approximate surface area is 136 Å². The van der Waals surface area contributed by atoms with Gasteiger partial charge in [-0.1, -0.05) is 15.9 Å². The van der Waals surface area contributed by atoms with Crippen LogP contribution in [0.3, 0.4) is 0 Å². The predicted octanol–water partition coefficient (Wildman–Crippen LogP) is 3.33. The summed E-state index contributed by atoms with van der Waals surface area (Å²) in [6.07, 6.45) is 0. The van der Waals surface area contributed by atoms with Crippen LogP contribution in [-0.4, -0.2) is 51.5 Å². The number of hydrogen-bond donors (Lipinski definition) is 0. The SMILES string of the molecule is CCOCCN(CCOCC)Cc1cc(Br)ccc1OC. The zero-order valence-corrected chi connectivity index (χ0v) is 14.8. The molecule has 0 heterocycles. The molecule has 0 aromatic heterocycles. The summed E-state index contributed by atoms with van der Waals surface area (Å²) in [5.41, 5.74) is 1.17. The van der Waals surface area contributed by atoms with E-state index in [1.807, 2.05) is 26.0 Å². The van der Waals surface area contributed by atoms with Gasteiger partial charge < -0.3 is 14.2 Å². The van der Waals surface area contributed by atoms with Crippen LogP contribution in [0.25, 0.3) is 0 Å². The average molecular weight is 360 g/mol. The quantitative estimate of drug-likeness (QED) is 0.567. The Morgan fingerprint density at radius 2 is 1.67 bits per heavy atom. The van der Waals surface area contributed by atoms with Gasteiger partial charge in [-0.3, -0.25) is 4.90 Å². The van der Waals surface area contributed by atoms with Crippen LogP contribution in [0.2, 0.25) is 0 Å². The van der Waals surface area contributed by atoms with Crippen LogP contribution < -0.4 is 4.74 Å². The lowest BCUT2D eigenvalue weighted by atomic mass is 10.2. The minimum atomic E-state index is 0.735. The Morgan fingerprint density at radius 3 is 2.19 bits per heavy atom. The van der Waals surface area contributed by atoms with E-state index in [4.69, 9.17) is 14.2 Å². The maximum atomic E-state index is 5.47. The van der Waals surface area contributed by atoms with Gasteiger partial charge in [0.1, 0.15) is 5.75 Å². The topological polar surface area (TPSA) is 30.9 Å². The molecule has 120 valence electrons. The molecule has 1 aromatic carbocycles. The lowest BCUT2D eigenvalue weighted by molar-refractivity contribution is 0.0794. The summed E-state index contributed by atoms with van der Waals surface area (Å²) in [5, 5.41) is 0. The van der Waals surface area contributed by atoms with Crippen LogP contribution in [0.15, 0.2) is 22.7 Å². The van der Waals surface area contributed by atoms with E-state index in [-0.39, 0.29) is 0 Å². The van der Waals surface area contributed by atoms with Gasteiger partial charge in [-0.25, -0.2) is 0 Å². The van der Waals surface area contributed by atoms with E-state index in [9.17, 15) is 0 Å². The van der Waals surface area contributed by atoms with E-state index in [1.54, 1.807) is 7.11 Å². The Balaban J connectivity index is 2.66. The molecule has 0 unspecified atom stereocenters. The molecular formula is C16H26BrNO3. The lowest BCUT2D eigenvalue weighted by Gasteiger charge is -2.23. The molecule has 0 aliphatic rings. The first-order valence-electron chi connectivity index (χ1n) is 7.41. The Morgan fingerprint density at radius 1 is 1.05 bits per heavy atom. The van der Waals surface area contributed by atoms with Crippen molar-refractivity contribution >= 4 is 15.9 Å². The van der Waals surface area contributed by atoms with E-state index in [0.717, 1.165) is 56.3 Å². The van der Waals surface area contributed by atoms with E-state index in [1.165, 1.54) is 5.56 Å². The van der Waals surface area contributed by atoms with Crippen molar-refractivity contribution in [2.45, 2.75) is 20.4 Å². The Bertz CT molecular complexity index is 391. The van der Waals surface area contributed by atoms with E-state index in [2.05, 4.69) is 26.9 Å². The molecule has 5 heteroatoms. The highest BCUT2D eigenvalue weighted by molar-refractivity contribution is 9.10. The molecule has 0 N–H and O–H groups in total. The molecule has 1 rings (SSSR count). The standard InChI is InChI=1S/C16H26BrNO3/c1-4-20-10-8-18(9-11-21-5-2)13-14-12-15(17)6-7-16(14)19-3/h6-7,12H,4-5,8-11,13H2,1-3H3. The molecule has 4 nitrogen and oxygen atoms in total. The second kappa shape index (κ2) is 11.0. The third kappa shape index (κ3) is 7.27. The summed E-state index contributed by atoms with van der Waals surface area (Å²) < 4.78 is 17.4. The fraction of sp³-hybridized carbons (Fsp3) is 0.625. The van der Waals surface area contributed by atoms with E-state index in [0.29, 0.717) is 0 Å². The second-order valence-electron chi connectivity index (χ2n) is 4.63. The first-order chi connectivity index (χ1) is 10.2. The van der Waals surface area contributed by atoms with Crippen LogP contribution >= 0.6 is 15.9 Å². The smallest absolute Gasteiger partial charge is 0.123 e. The zero-order chi connectivity index (χ0) is 15.5. The van der Waals surface area contributed by atoms with Crippen molar-refractivity contribution in [3.63, 3.8) is 0 Å². The van der Waals surface area contributed by atoms with Gasteiger partial charge in [-0.2, -0.15) is 0 Å². The maximum absolute atomic E-state index is 5.47. The highest BCUT2D eigenvalue weighted by Crippen LogP contribution is 2.24. The number of nitrogens with zero attached hydrogens (tertiary/aromatic N) is 1. The number of hydrogen-bond acceptors (Lipinski definition) is 4. The van der Waals surface area contributed by atoms with Crippen molar-refractivity contribution in [2.75, 3.05) is 46.6 Å². The van der Waals surface area contributed by atoms with Crippen molar-refractivity contribution < 1.29 is 14.2 Å². The van der Waals surface area contributed by atoms with Crippen LogP contribution in [0, 0.1) is 0 Å². The normalized spacial score (nSPS) is 11.1. The van der Waals surface area contributed by atoms with Crippen molar-refractivity contribution in [3.05, 3.63) is 28.2 Å². The maximum Gasteiger partial charge on any atom is 0.123 e. The molecule has 0 amide bonds. The number of halogens is 1. The van der Waals surface area contributed by atoms with E-state index < -0.39 is 0 Å². The number of ether oxygens (including phenoxy) is 3. The highest BCUT2D eigenvalue weighted by Gasteiger charge is 2.10. The van der Waals surface area contributed by atoms with Gasteiger partial charge in [0.25, 0.3) is 0 Å². The lowest BCUT2D eigenvalue weighted by Crippen LogP contribution is -2.31. The van der Waals surface area contributed by atoms with Gasteiger partial charge in [-0.15, -0.1) is 0 Å². The fourth-order valence-electron chi connectivity index (χ4n) is 2.06. The minimum absolute atomic E-state index is 0.735. The third-order valence-corrected chi connectivity index (χ3v) is 3.64. The average Bonchev–Trinajstić information content (AvgIpc) is 2.48. The van der Waals surface area contributed by atoms with Crippen molar-refractivity contribution in [3.8, 4) is 5.75 Å². The molecule has 0 saturated heterocycles. The summed E-state index contributed by atoms with van der Waals surface area (Å²) in [7, 11) is 1.71. The molecule has 0 bridgehead atoms. The molecule has 0 atom stereocenters. The van der Waals surface area contributed by atoms with E-state index >= 15 is 0 Å². The molecular weight excluding hydrogens is 334 g/mol. The van der Waals surface area contributed by atoms with Gasteiger partial charge in [0, 0.05) is 42.9 Å². The van der Waals surface area contributed by atoms with Gasteiger partial charge in [0.2, 0.25) is 0 Å². The summed E-state index contributed by atoms with van der Waals surface area (Å²) in [5.74, 6) is 0.913. The van der Waals surface area contributed by atoms with Crippen molar-refractivity contribution in [1.82, 2.24) is 4.90 Å². The number of rotatable bonds is 11. The minimum Gasteiger partial charge on any atom is -0.496 e. The zero-order valence-electron chi connectivity index (χ0n) is 13.2.